The summed E-state index contributed by atoms with van der Waals surface area (Å²) < 4.78 is 11.6. The van der Waals surface area contributed by atoms with Crippen LogP contribution in [0.2, 0.25) is 0 Å². The fourth-order valence-corrected chi connectivity index (χ4v) is 3.96. The Morgan fingerprint density at radius 1 is 1.03 bits per heavy atom. The molecule has 0 unspecified atom stereocenters. The van der Waals surface area contributed by atoms with Gasteiger partial charge in [-0.05, 0) is 35.9 Å². The molecule has 30 heavy (non-hydrogen) atoms. The highest BCUT2D eigenvalue weighted by atomic mass is 32.2. The molecule has 2 heterocycles. The Bertz CT molecular complexity index is 944. The zero-order valence-corrected chi connectivity index (χ0v) is 17.3. The largest absolute Gasteiger partial charge is 0.489 e. The van der Waals surface area contributed by atoms with Crippen LogP contribution < -0.4 is 14.8 Å². The first kappa shape index (κ1) is 20.3. The molecule has 6 nitrogen and oxygen atoms in total. The second kappa shape index (κ2) is 10.1. The van der Waals surface area contributed by atoms with Crippen molar-refractivity contribution in [3.8, 4) is 17.4 Å². The molecule has 1 amide bonds. The van der Waals surface area contributed by atoms with E-state index in [1.807, 2.05) is 66.4 Å². The predicted octanol–water partition coefficient (Wildman–Crippen LogP) is 4.40. The van der Waals surface area contributed by atoms with Crippen LogP contribution in [0.15, 0.2) is 72.9 Å². The Balaban J connectivity index is 1.26. The third-order valence-corrected chi connectivity index (χ3v) is 5.53. The van der Waals surface area contributed by atoms with Crippen molar-refractivity contribution in [3.63, 3.8) is 0 Å². The maximum atomic E-state index is 12.1. The molecule has 1 aliphatic heterocycles. The van der Waals surface area contributed by atoms with E-state index >= 15 is 0 Å². The van der Waals surface area contributed by atoms with E-state index in [9.17, 15) is 4.79 Å². The van der Waals surface area contributed by atoms with Crippen molar-refractivity contribution in [1.82, 2.24) is 9.88 Å². The summed E-state index contributed by atoms with van der Waals surface area (Å²) in [5.41, 5.74) is 1.78. The second-order valence-corrected chi connectivity index (χ2v) is 7.95. The van der Waals surface area contributed by atoms with Crippen LogP contribution in [-0.4, -0.2) is 40.5 Å². The molecular weight excluding hydrogens is 398 g/mol. The van der Waals surface area contributed by atoms with Gasteiger partial charge in [0.2, 0.25) is 11.8 Å². The normalized spacial score (nSPS) is 13.7. The number of hydrogen-bond acceptors (Lipinski definition) is 6. The number of carbonyl (C=O) groups is 1. The van der Waals surface area contributed by atoms with Crippen molar-refractivity contribution in [2.75, 3.05) is 30.0 Å². The Labute approximate surface area is 180 Å². The van der Waals surface area contributed by atoms with Gasteiger partial charge in [0, 0.05) is 24.2 Å². The molecule has 154 valence electrons. The van der Waals surface area contributed by atoms with E-state index in [1.54, 1.807) is 18.3 Å². The number of anilines is 1. The van der Waals surface area contributed by atoms with Gasteiger partial charge in [-0.1, -0.05) is 30.3 Å². The third-order valence-electron chi connectivity index (χ3n) is 4.51. The highest BCUT2D eigenvalue weighted by Gasteiger charge is 2.15. The highest BCUT2D eigenvalue weighted by molar-refractivity contribution is 7.99. The fourth-order valence-electron chi connectivity index (χ4n) is 2.96. The minimum atomic E-state index is -0.0286. The van der Waals surface area contributed by atoms with Gasteiger partial charge in [0.1, 0.15) is 18.1 Å². The van der Waals surface area contributed by atoms with E-state index in [1.165, 1.54) is 0 Å². The van der Waals surface area contributed by atoms with Crippen LogP contribution in [0.3, 0.4) is 0 Å². The van der Waals surface area contributed by atoms with Crippen LogP contribution in [0.25, 0.3) is 0 Å². The molecule has 3 aromatic rings. The number of hydrogen-bond donors (Lipinski definition) is 1. The zero-order chi connectivity index (χ0) is 20.6. The minimum Gasteiger partial charge on any atom is -0.489 e. The maximum absolute atomic E-state index is 12.1. The Kier molecular flexibility index (Phi) is 6.84. The molecule has 1 aromatic heterocycles. The minimum absolute atomic E-state index is 0.0286. The number of ether oxygens (including phenoxy) is 2. The fraction of sp³-hybridized carbons (Fsp3) is 0.217. The number of nitrogens with zero attached hydrogens (tertiary/aromatic N) is 2. The first-order valence-electron chi connectivity index (χ1n) is 9.75. The first-order chi connectivity index (χ1) is 14.7. The molecule has 0 spiro atoms. The Morgan fingerprint density at radius 3 is 2.53 bits per heavy atom. The quantitative estimate of drug-likeness (QED) is 0.582. The molecule has 0 radical (unpaired) electrons. The molecule has 0 saturated carbocycles. The van der Waals surface area contributed by atoms with E-state index in [4.69, 9.17) is 9.47 Å². The van der Waals surface area contributed by atoms with Crippen LogP contribution in [0, 0.1) is 0 Å². The van der Waals surface area contributed by atoms with E-state index in [0.29, 0.717) is 30.5 Å². The summed E-state index contributed by atoms with van der Waals surface area (Å²) >= 11 is 1.84. The standard InChI is InChI=1S/C23H23N3O3S/c27-22(15-26-12-13-30-17-26)25-19-6-11-23(24-14-19)29-21-9-7-20(8-10-21)28-16-18-4-2-1-3-5-18/h1-11,14H,12-13,15-17H2,(H,25,27). The molecule has 0 aliphatic carbocycles. The molecule has 7 heteroatoms. The average Bonchev–Trinajstić information content (AvgIpc) is 3.28. The van der Waals surface area contributed by atoms with E-state index in [-0.39, 0.29) is 5.91 Å². The van der Waals surface area contributed by atoms with Crippen molar-refractivity contribution < 1.29 is 14.3 Å². The summed E-state index contributed by atoms with van der Waals surface area (Å²) in [7, 11) is 0. The lowest BCUT2D eigenvalue weighted by molar-refractivity contribution is -0.117. The molecule has 0 atom stereocenters. The number of pyridine rings is 1. The molecule has 2 aromatic carbocycles. The van der Waals surface area contributed by atoms with Crippen LogP contribution in [0.5, 0.6) is 17.4 Å². The summed E-state index contributed by atoms with van der Waals surface area (Å²) in [5.74, 6) is 3.86. The van der Waals surface area contributed by atoms with Crippen molar-refractivity contribution in [3.05, 3.63) is 78.5 Å². The number of amides is 1. The molecule has 0 bridgehead atoms. The summed E-state index contributed by atoms with van der Waals surface area (Å²) in [5, 5.41) is 2.87. The topological polar surface area (TPSA) is 63.7 Å². The van der Waals surface area contributed by atoms with Gasteiger partial charge in [-0.25, -0.2) is 4.98 Å². The van der Waals surface area contributed by atoms with Crippen molar-refractivity contribution >= 4 is 23.4 Å². The summed E-state index contributed by atoms with van der Waals surface area (Å²) in [6.45, 7) is 1.88. The van der Waals surface area contributed by atoms with Crippen molar-refractivity contribution in [2.45, 2.75) is 6.61 Å². The monoisotopic (exact) mass is 421 g/mol. The van der Waals surface area contributed by atoms with Gasteiger partial charge in [0.05, 0.1) is 18.4 Å². The summed E-state index contributed by atoms with van der Waals surface area (Å²) in [4.78, 5) is 18.5. The number of nitrogens with one attached hydrogen (secondary N) is 1. The van der Waals surface area contributed by atoms with Gasteiger partial charge in [-0.2, -0.15) is 0 Å². The molecular formula is C23H23N3O3S. The SMILES string of the molecule is O=C(CN1CCSC1)Nc1ccc(Oc2ccc(OCc3ccccc3)cc2)nc1. The van der Waals surface area contributed by atoms with E-state index in [2.05, 4.69) is 15.2 Å². The number of thioether (sulfide) groups is 1. The van der Waals surface area contributed by atoms with E-state index in [0.717, 1.165) is 29.5 Å². The molecule has 1 fully saturated rings. The lowest BCUT2D eigenvalue weighted by Gasteiger charge is -2.13. The zero-order valence-electron chi connectivity index (χ0n) is 16.5. The van der Waals surface area contributed by atoms with Gasteiger partial charge in [0.15, 0.2) is 0 Å². The lowest BCUT2D eigenvalue weighted by atomic mass is 10.2. The number of rotatable bonds is 8. The maximum Gasteiger partial charge on any atom is 0.238 e. The number of aromatic nitrogens is 1. The van der Waals surface area contributed by atoms with E-state index < -0.39 is 0 Å². The third kappa shape index (κ3) is 5.98. The molecule has 4 rings (SSSR count). The van der Waals surface area contributed by atoms with Crippen LogP contribution in [0.4, 0.5) is 5.69 Å². The van der Waals surface area contributed by atoms with Gasteiger partial charge in [-0.3, -0.25) is 9.69 Å². The second-order valence-electron chi connectivity index (χ2n) is 6.87. The average molecular weight is 422 g/mol. The van der Waals surface area contributed by atoms with Crippen molar-refractivity contribution in [1.29, 1.82) is 0 Å². The number of benzene rings is 2. The van der Waals surface area contributed by atoms with Gasteiger partial charge in [-0.15, -0.1) is 11.8 Å². The van der Waals surface area contributed by atoms with Crippen LogP contribution >= 0.6 is 11.8 Å². The molecule has 1 aliphatic rings. The van der Waals surface area contributed by atoms with Crippen molar-refractivity contribution in [2.24, 2.45) is 0 Å². The Morgan fingerprint density at radius 2 is 1.83 bits per heavy atom. The predicted molar refractivity (Wildman–Crippen MR) is 119 cm³/mol. The van der Waals surface area contributed by atoms with Crippen LogP contribution in [-0.2, 0) is 11.4 Å². The smallest absolute Gasteiger partial charge is 0.238 e. The van der Waals surface area contributed by atoms with Gasteiger partial charge >= 0.3 is 0 Å². The summed E-state index contributed by atoms with van der Waals surface area (Å²) in [6, 6.07) is 21.0. The molecule has 1 N–H and O–H groups in total. The molecule has 1 saturated heterocycles. The van der Waals surface area contributed by atoms with Gasteiger partial charge in [0.25, 0.3) is 0 Å². The summed E-state index contributed by atoms with van der Waals surface area (Å²) in [6.07, 6.45) is 1.60. The van der Waals surface area contributed by atoms with Gasteiger partial charge < -0.3 is 14.8 Å². The number of carbonyl (C=O) groups excluding carboxylic acids is 1. The Hall–Kier alpha value is -3.03. The highest BCUT2D eigenvalue weighted by Crippen LogP contribution is 2.24. The van der Waals surface area contributed by atoms with Crippen LogP contribution in [0.1, 0.15) is 5.56 Å². The first-order valence-corrected chi connectivity index (χ1v) is 10.9. The lowest BCUT2D eigenvalue weighted by Crippen LogP contribution is -2.31.